The Kier molecular flexibility index (Phi) is 4.40. The Balaban J connectivity index is 1.27. The van der Waals surface area contributed by atoms with E-state index >= 15 is 0 Å². The lowest BCUT2D eigenvalue weighted by Crippen LogP contribution is -2.49. The van der Waals surface area contributed by atoms with Gasteiger partial charge in [-0.05, 0) is 24.7 Å². The summed E-state index contributed by atoms with van der Waals surface area (Å²) in [5.74, 6) is 2.50. The molecule has 2 aliphatic heterocycles. The van der Waals surface area contributed by atoms with Crippen molar-refractivity contribution < 1.29 is 4.79 Å². The van der Waals surface area contributed by atoms with E-state index in [1.807, 2.05) is 0 Å². The van der Waals surface area contributed by atoms with Gasteiger partial charge in [-0.2, -0.15) is 0 Å². The highest BCUT2D eigenvalue weighted by Crippen LogP contribution is 2.50. The summed E-state index contributed by atoms with van der Waals surface area (Å²) >= 11 is 0. The van der Waals surface area contributed by atoms with Gasteiger partial charge in [-0.3, -0.25) is 9.69 Å². The third-order valence-corrected chi connectivity index (χ3v) is 6.56. The van der Waals surface area contributed by atoms with E-state index < -0.39 is 0 Å². The summed E-state index contributed by atoms with van der Waals surface area (Å²) in [5, 5.41) is 3.42. The van der Waals surface area contributed by atoms with Gasteiger partial charge >= 0.3 is 0 Å². The molecule has 3 atom stereocenters. The maximum Gasteiger partial charge on any atom is 0.226 e. The lowest BCUT2D eigenvalue weighted by atomic mass is 9.85. The predicted octanol–water partition coefficient (Wildman–Crippen LogP) is 1.71. The van der Waals surface area contributed by atoms with Crippen molar-refractivity contribution in [1.29, 1.82) is 0 Å². The molecule has 3 unspecified atom stereocenters. The van der Waals surface area contributed by atoms with E-state index in [2.05, 4.69) is 15.1 Å². The number of rotatable bonds is 3. The molecular weight excluding hydrogens is 274 g/mol. The van der Waals surface area contributed by atoms with Gasteiger partial charge in [0.05, 0.1) is 0 Å². The second-order valence-electron chi connectivity index (χ2n) is 7.92. The molecule has 0 aromatic heterocycles. The first-order chi connectivity index (χ1) is 10.8. The number of hydrogen-bond acceptors (Lipinski definition) is 3. The van der Waals surface area contributed by atoms with Crippen LogP contribution in [0.4, 0.5) is 0 Å². The Hall–Kier alpha value is -0.610. The first-order valence-corrected chi connectivity index (χ1v) is 9.56. The van der Waals surface area contributed by atoms with E-state index in [9.17, 15) is 4.79 Å². The summed E-state index contributed by atoms with van der Waals surface area (Å²) in [6, 6.07) is 0.623. The predicted molar refractivity (Wildman–Crippen MR) is 87.6 cm³/mol. The zero-order chi connectivity index (χ0) is 14.9. The Bertz CT molecular complexity index is 401. The maximum absolute atomic E-state index is 12.8. The molecule has 4 nitrogen and oxygen atoms in total. The number of nitrogens with zero attached hydrogens (tertiary/aromatic N) is 2. The van der Waals surface area contributed by atoms with Gasteiger partial charge in [0.2, 0.25) is 5.91 Å². The van der Waals surface area contributed by atoms with Crippen LogP contribution in [0.25, 0.3) is 0 Å². The van der Waals surface area contributed by atoms with Gasteiger partial charge in [0.15, 0.2) is 0 Å². The third kappa shape index (κ3) is 3.05. The lowest BCUT2D eigenvalue weighted by molar-refractivity contribution is -0.132. The highest BCUT2D eigenvalue weighted by molar-refractivity contribution is 5.82. The van der Waals surface area contributed by atoms with Crippen LogP contribution in [-0.4, -0.2) is 61.0 Å². The van der Waals surface area contributed by atoms with Crippen molar-refractivity contribution in [2.45, 2.75) is 51.0 Å². The number of likely N-dealkylation sites (tertiary alicyclic amines) is 1. The lowest BCUT2D eigenvalue weighted by Gasteiger charge is -2.32. The van der Waals surface area contributed by atoms with Crippen LogP contribution in [0.3, 0.4) is 0 Å². The van der Waals surface area contributed by atoms with Crippen LogP contribution >= 0.6 is 0 Å². The van der Waals surface area contributed by atoms with Crippen molar-refractivity contribution in [2.24, 2.45) is 17.8 Å². The summed E-state index contributed by atoms with van der Waals surface area (Å²) in [5.41, 5.74) is 0. The number of nitrogens with one attached hydrogen (secondary N) is 1. The molecule has 22 heavy (non-hydrogen) atoms. The Morgan fingerprint density at radius 1 is 0.955 bits per heavy atom. The Morgan fingerprint density at radius 3 is 2.50 bits per heavy atom. The fourth-order valence-corrected chi connectivity index (χ4v) is 5.10. The van der Waals surface area contributed by atoms with Gasteiger partial charge in [0, 0.05) is 51.2 Å². The van der Waals surface area contributed by atoms with Crippen molar-refractivity contribution in [1.82, 2.24) is 15.1 Å². The SMILES string of the molecule is O=C(C1CC1C1CCCCC1)N1CCC(N2CCNCC2)C1. The van der Waals surface area contributed by atoms with E-state index in [0.29, 0.717) is 17.9 Å². The molecule has 2 heterocycles. The number of hydrogen-bond donors (Lipinski definition) is 1. The smallest absolute Gasteiger partial charge is 0.226 e. The average molecular weight is 305 g/mol. The second kappa shape index (κ2) is 6.48. The van der Waals surface area contributed by atoms with Crippen LogP contribution in [0, 0.1) is 17.8 Å². The van der Waals surface area contributed by atoms with Gasteiger partial charge in [0.1, 0.15) is 0 Å². The topological polar surface area (TPSA) is 35.6 Å². The Morgan fingerprint density at radius 2 is 1.73 bits per heavy atom. The van der Waals surface area contributed by atoms with Crippen LogP contribution in [0.5, 0.6) is 0 Å². The summed E-state index contributed by atoms with van der Waals surface area (Å²) in [6.07, 6.45) is 9.37. The van der Waals surface area contributed by atoms with Crippen LogP contribution < -0.4 is 5.32 Å². The van der Waals surface area contributed by atoms with Gasteiger partial charge in [0.25, 0.3) is 0 Å². The normalized spacial score (nSPS) is 37.5. The molecule has 2 saturated heterocycles. The second-order valence-corrected chi connectivity index (χ2v) is 7.92. The molecule has 2 saturated carbocycles. The van der Waals surface area contributed by atoms with Crippen molar-refractivity contribution in [3.63, 3.8) is 0 Å². The monoisotopic (exact) mass is 305 g/mol. The molecule has 124 valence electrons. The van der Waals surface area contributed by atoms with Crippen LogP contribution in [0.2, 0.25) is 0 Å². The quantitative estimate of drug-likeness (QED) is 0.862. The molecule has 4 rings (SSSR count). The third-order valence-electron chi connectivity index (χ3n) is 6.56. The molecule has 0 radical (unpaired) electrons. The summed E-state index contributed by atoms with van der Waals surface area (Å²) in [7, 11) is 0. The molecule has 0 spiro atoms. The van der Waals surface area contributed by atoms with Crippen molar-refractivity contribution in [2.75, 3.05) is 39.3 Å². The van der Waals surface area contributed by atoms with Crippen LogP contribution in [0.15, 0.2) is 0 Å². The molecule has 0 aromatic carbocycles. The van der Waals surface area contributed by atoms with E-state index in [4.69, 9.17) is 0 Å². The molecule has 4 fully saturated rings. The zero-order valence-electron chi connectivity index (χ0n) is 13.8. The van der Waals surface area contributed by atoms with Gasteiger partial charge in [-0.1, -0.05) is 32.1 Å². The van der Waals surface area contributed by atoms with Gasteiger partial charge in [-0.25, -0.2) is 0 Å². The first-order valence-electron chi connectivity index (χ1n) is 9.56. The van der Waals surface area contributed by atoms with E-state index in [1.165, 1.54) is 44.9 Å². The summed E-state index contributed by atoms with van der Waals surface area (Å²) in [4.78, 5) is 17.6. The van der Waals surface area contributed by atoms with Crippen LogP contribution in [-0.2, 0) is 4.79 Å². The zero-order valence-corrected chi connectivity index (χ0v) is 13.8. The molecular formula is C18H31N3O. The van der Waals surface area contributed by atoms with Crippen molar-refractivity contribution in [3.05, 3.63) is 0 Å². The molecule has 2 aliphatic carbocycles. The minimum Gasteiger partial charge on any atom is -0.341 e. The minimum absolute atomic E-state index is 0.393. The van der Waals surface area contributed by atoms with E-state index in [0.717, 1.165) is 51.1 Å². The molecule has 1 amide bonds. The van der Waals surface area contributed by atoms with Crippen molar-refractivity contribution in [3.8, 4) is 0 Å². The summed E-state index contributed by atoms with van der Waals surface area (Å²) in [6.45, 7) is 6.52. The molecule has 4 heteroatoms. The van der Waals surface area contributed by atoms with Gasteiger partial charge in [-0.15, -0.1) is 0 Å². The highest BCUT2D eigenvalue weighted by atomic mass is 16.2. The average Bonchev–Trinajstić information content (AvgIpc) is 3.24. The number of carbonyl (C=O) groups excluding carboxylic acids is 1. The molecule has 0 aromatic rings. The number of carbonyl (C=O) groups is 1. The fraction of sp³-hybridized carbons (Fsp3) is 0.944. The minimum atomic E-state index is 0.393. The number of piperazine rings is 1. The molecule has 4 aliphatic rings. The van der Waals surface area contributed by atoms with E-state index in [-0.39, 0.29) is 0 Å². The van der Waals surface area contributed by atoms with Crippen molar-refractivity contribution >= 4 is 5.91 Å². The molecule has 1 N–H and O–H groups in total. The fourth-order valence-electron chi connectivity index (χ4n) is 5.10. The summed E-state index contributed by atoms with van der Waals surface area (Å²) < 4.78 is 0. The van der Waals surface area contributed by atoms with Crippen LogP contribution in [0.1, 0.15) is 44.9 Å². The maximum atomic E-state index is 12.8. The number of amides is 1. The Labute approximate surface area is 134 Å². The standard InChI is InChI=1S/C18H31N3O/c22-18(17-12-16(17)14-4-2-1-3-5-14)21-9-6-15(13-21)20-10-7-19-8-11-20/h14-17,19H,1-13H2. The highest BCUT2D eigenvalue weighted by Gasteiger charge is 2.49. The van der Waals surface area contributed by atoms with E-state index in [1.54, 1.807) is 0 Å². The largest absolute Gasteiger partial charge is 0.341 e. The molecule has 0 bridgehead atoms. The first kappa shape index (κ1) is 14.9. The van der Waals surface area contributed by atoms with Gasteiger partial charge < -0.3 is 10.2 Å².